The van der Waals surface area contributed by atoms with Gasteiger partial charge in [-0.15, -0.1) is 0 Å². The lowest BCUT2D eigenvalue weighted by molar-refractivity contribution is 0.102. The molecular formula is C21H22N6O. The average Bonchev–Trinajstić information content (AvgIpc) is 3.29. The van der Waals surface area contributed by atoms with Gasteiger partial charge in [-0.1, -0.05) is 6.07 Å². The molecule has 4 rings (SSSR count). The van der Waals surface area contributed by atoms with Gasteiger partial charge in [0.15, 0.2) is 0 Å². The monoisotopic (exact) mass is 374 g/mol. The molecule has 28 heavy (non-hydrogen) atoms. The van der Waals surface area contributed by atoms with Gasteiger partial charge in [0.2, 0.25) is 5.95 Å². The van der Waals surface area contributed by atoms with E-state index in [4.69, 9.17) is 0 Å². The van der Waals surface area contributed by atoms with E-state index in [0.29, 0.717) is 18.2 Å². The van der Waals surface area contributed by atoms with E-state index in [1.165, 1.54) is 18.5 Å². The van der Waals surface area contributed by atoms with Gasteiger partial charge in [-0.2, -0.15) is 0 Å². The van der Waals surface area contributed by atoms with Crippen LogP contribution in [-0.4, -0.2) is 33.9 Å². The Morgan fingerprint density at radius 1 is 1.04 bits per heavy atom. The Morgan fingerprint density at radius 2 is 1.86 bits per heavy atom. The summed E-state index contributed by atoms with van der Waals surface area (Å²) in [5.41, 5.74) is 3.27. The summed E-state index contributed by atoms with van der Waals surface area (Å²) in [6, 6.07) is 13.4. The Hall–Kier alpha value is -3.48. The summed E-state index contributed by atoms with van der Waals surface area (Å²) in [7, 11) is 0. The van der Waals surface area contributed by atoms with E-state index >= 15 is 0 Å². The molecule has 1 saturated heterocycles. The van der Waals surface area contributed by atoms with Gasteiger partial charge in [0.25, 0.3) is 5.91 Å². The zero-order valence-corrected chi connectivity index (χ0v) is 15.5. The summed E-state index contributed by atoms with van der Waals surface area (Å²) in [5.74, 6) is 0.140. The molecule has 0 radical (unpaired) electrons. The molecule has 1 aliphatic rings. The summed E-state index contributed by atoms with van der Waals surface area (Å²) >= 11 is 0. The maximum absolute atomic E-state index is 12.5. The maximum Gasteiger partial charge on any atom is 0.274 e. The second-order valence-corrected chi connectivity index (χ2v) is 6.68. The number of aromatic nitrogens is 3. The van der Waals surface area contributed by atoms with E-state index < -0.39 is 0 Å². The zero-order chi connectivity index (χ0) is 19.2. The summed E-state index contributed by atoms with van der Waals surface area (Å²) in [4.78, 5) is 27.4. The zero-order valence-electron chi connectivity index (χ0n) is 15.5. The topological polar surface area (TPSA) is 83.0 Å². The predicted octanol–water partition coefficient (Wildman–Crippen LogP) is 3.34. The van der Waals surface area contributed by atoms with Gasteiger partial charge in [0, 0.05) is 49.6 Å². The number of hydrogen-bond acceptors (Lipinski definition) is 6. The molecule has 1 amide bonds. The average molecular weight is 374 g/mol. The van der Waals surface area contributed by atoms with Crippen molar-refractivity contribution >= 4 is 23.2 Å². The van der Waals surface area contributed by atoms with Crippen LogP contribution >= 0.6 is 0 Å². The van der Waals surface area contributed by atoms with Gasteiger partial charge in [-0.3, -0.25) is 9.78 Å². The summed E-state index contributed by atoms with van der Waals surface area (Å²) in [6.45, 7) is 2.74. The van der Waals surface area contributed by atoms with Gasteiger partial charge in [0.1, 0.15) is 5.69 Å². The third-order valence-electron chi connectivity index (χ3n) is 4.66. The van der Waals surface area contributed by atoms with Crippen molar-refractivity contribution in [2.75, 3.05) is 28.6 Å². The van der Waals surface area contributed by atoms with Crippen LogP contribution in [0.15, 0.2) is 61.1 Å². The Balaban J connectivity index is 1.37. The normalized spacial score (nSPS) is 13.4. The molecule has 1 aromatic carbocycles. The molecule has 7 nitrogen and oxygen atoms in total. The molecule has 0 aliphatic carbocycles. The lowest BCUT2D eigenvalue weighted by atomic mass is 10.2. The number of rotatable bonds is 6. The molecular weight excluding hydrogens is 352 g/mol. The molecule has 0 unspecified atom stereocenters. The number of hydrogen-bond donors (Lipinski definition) is 2. The van der Waals surface area contributed by atoms with E-state index in [1.54, 1.807) is 24.7 Å². The van der Waals surface area contributed by atoms with Crippen LogP contribution in [0.3, 0.4) is 0 Å². The summed E-state index contributed by atoms with van der Waals surface area (Å²) < 4.78 is 0. The fourth-order valence-electron chi connectivity index (χ4n) is 3.18. The van der Waals surface area contributed by atoms with Gasteiger partial charge >= 0.3 is 0 Å². The molecule has 2 N–H and O–H groups in total. The van der Waals surface area contributed by atoms with Crippen LogP contribution in [0.2, 0.25) is 0 Å². The molecule has 1 fully saturated rings. The molecule has 0 saturated carbocycles. The smallest absolute Gasteiger partial charge is 0.274 e. The standard InChI is InChI=1S/C21H22N6O/c28-20(25-17-5-7-18(8-6-17)27-12-1-2-13-27)19-9-11-23-21(26-19)24-15-16-4-3-10-22-14-16/h3-11,14H,1-2,12-13,15H2,(H,25,28)(H,23,24,26). The minimum atomic E-state index is -0.263. The minimum absolute atomic E-state index is 0.263. The third-order valence-corrected chi connectivity index (χ3v) is 4.66. The van der Waals surface area contributed by atoms with Crippen molar-refractivity contribution in [2.45, 2.75) is 19.4 Å². The second kappa shape index (κ2) is 8.47. The van der Waals surface area contributed by atoms with Gasteiger partial charge in [0.05, 0.1) is 0 Å². The van der Waals surface area contributed by atoms with Crippen LogP contribution in [0.1, 0.15) is 28.9 Å². The molecule has 0 spiro atoms. The number of amides is 1. The van der Waals surface area contributed by atoms with Crippen molar-refractivity contribution in [1.82, 2.24) is 15.0 Å². The van der Waals surface area contributed by atoms with Crippen molar-refractivity contribution in [3.63, 3.8) is 0 Å². The maximum atomic E-state index is 12.5. The van der Waals surface area contributed by atoms with E-state index in [2.05, 4.69) is 30.5 Å². The fraction of sp³-hybridized carbons (Fsp3) is 0.238. The summed E-state index contributed by atoms with van der Waals surface area (Å²) in [6.07, 6.45) is 7.55. The lowest BCUT2D eigenvalue weighted by Crippen LogP contribution is -2.18. The number of anilines is 3. The van der Waals surface area contributed by atoms with Crippen molar-refractivity contribution in [3.8, 4) is 0 Å². The Labute approximate surface area is 163 Å². The van der Waals surface area contributed by atoms with Gasteiger partial charge < -0.3 is 15.5 Å². The molecule has 3 aromatic rings. The predicted molar refractivity (Wildman–Crippen MR) is 109 cm³/mol. The number of carbonyl (C=O) groups is 1. The fourth-order valence-corrected chi connectivity index (χ4v) is 3.18. The van der Waals surface area contributed by atoms with Gasteiger partial charge in [-0.25, -0.2) is 9.97 Å². The Kier molecular flexibility index (Phi) is 5.42. The Morgan fingerprint density at radius 3 is 2.61 bits per heavy atom. The van der Waals surface area contributed by atoms with Crippen LogP contribution in [0.4, 0.5) is 17.3 Å². The summed E-state index contributed by atoms with van der Waals surface area (Å²) in [5, 5.41) is 6.00. The lowest BCUT2D eigenvalue weighted by Gasteiger charge is -2.17. The quantitative estimate of drug-likeness (QED) is 0.689. The van der Waals surface area contributed by atoms with E-state index in [1.807, 2.05) is 36.4 Å². The van der Waals surface area contributed by atoms with E-state index in [-0.39, 0.29) is 5.91 Å². The first-order valence-electron chi connectivity index (χ1n) is 9.40. The highest BCUT2D eigenvalue weighted by Crippen LogP contribution is 2.22. The molecule has 1 aliphatic heterocycles. The first-order chi connectivity index (χ1) is 13.8. The first-order valence-corrected chi connectivity index (χ1v) is 9.40. The number of pyridine rings is 1. The van der Waals surface area contributed by atoms with E-state index in [0.717, 1.165) is 24.3 Å². The number of nitrogens with zero attached hydrogens (tertiary/aromatic N) is 4. The van der Waals surface area contributed by atoms with Crippen molar-refractivity contribution in [1.29, 1.82) is 0 Å². The number of carbonyl (C=O) groups excluding carboxylic acids is 1. The number of nitrogens with one attached hydrogen (secondary N) is 2. The highest BCUT2D eigenvalue weighted by atomic mass is 16.1. The molecule has 3 heterocycles. The first kappa shape index (κ1) is 17.9. The SMILES string of the molecule is O=C(Nc1ccc(N2CCCC2)cc1)c1ccnc(NCc2cccnc2)n1. The van der Waals surface area contributed by atoms with Crippen LogP contribution in [-0.2, 0) is 6.54 Å². The van der Waals surface area contributed by atoms with Crippen molar-refractivity contribution in [3.05, 3.63) is 72.3 Å². The van der Waals surface area contributed by atoms with Gasteiger partial charge in [-0.05, 0) is 54.8 Å². The van der Waals surface area contributed by atoms with Crippen molar-refractivity contribution in [2.24, 2.45) is 0 Å². The molecule has 0 bridgehead atoms. The highest BCUT2D eigenvalue weighted by molar-refractivity contribution is 6.03. The third kappa shape index (κ3) is 4.43. The Bertz CT molecular complexity index is 923. The van der Waals surface area contributed by atoms with E-state index in [9.17, 15) is 4.79 Å². The highest BCUT2D eigenvalue weighted by Gasteiger charge is 2.13. The molecule has 142 valence electrons. The number of benzene rings is 1. The second-order valence-electron chi connectivity index (χ2n) is 6.68. The van der Waals surface area contributed by atoms with Crippen LogP contribution in [0.25, 0.3) is 0 Å². The van der Waals surface area contributed by atoms with Crippen LogP contribution < -0.4 is 15.5 Å². The molecule has 2 aromatic heterocycles. The minimum Gasteiger partial charge on any atom is -0.372 e. The molecule has 7 heteroatoms. The van der Waals surface area contributed by atoms with Crippen LogP contribution in [0.5, 0.6) is 0 Å². The largest absolute Gasteiger partial charge is 0.372 e. The molecule has 0 atom stereocenters. The van der Waals surface area contributed by atoms with Crippen molar-refractivity contribution < 1.29 is 4.79 Å². The van der Waals surface area contributed by atoms with Crippen LogP contribution in [0, 0.1) is 0 Å².